The van der Waals surface area contributed by atoms with Gasteiger partial charge in [0, 0.05) is 35.3 Å². The highest BCUT2D eigenvalue weighted by molar-refractivity contribution is 7.99. The van der Waals surface area contributed by atoms with Crippen molar-refractivity contribution in [2.45, 2.75) is 58.3 Å². The highest BCUT2D eigenvalue weighted by Crippen LogP contribution is 2.63. The van der Waals surface area contributed by atoms with Crippen LogP contribution in [0.3, 0.4) is 0 Å². The minimum atomic E-state index is -0.131. The van der Waals surface area contributed by atoms with Gasteiger partial charge in [-0.25, -0.2) is 0 Å². The van der Waals surface area contributed by atoms with Gasteiger partial charge in [-0.1, -0.05) is 24.1 Å². The largest absolute Gasteiger partial charge is 0.299 e. The molecule has 0 N–H and O–H groups in total. The summed E-state index contributed by atoms with van der Waals surface area (Å²) in [6.45, 7) is 2.21. The van der Waals surface area contributed by atoms with Crippen molar-refractivity contribution in [3.63, 3.8) is 0 Å². The maximum Gasteiger partial charge on any atom is 0.155 e. The van der Waals surface area contributed by atoms with Gasteiger partial charge in [0.1, 0.15) is 5.78 Å². The van der Waals surface area contributed by atoms with Crippen LogP contribution in [0.25, 0.3) is 0 Å². The fraction of sp³-hybridized carbons (Fsp3) is 0.727. The summed E-state index contributed by atoms with van der Waals surface area (Å²) in [7, 11) is 0. The first kappa shape index (κ1) is 18.8. The van der Waals surface area contributed by atoms with Gasteiger partial charge < -0.3 is 0 Å². The third kappa shape index (κ3) is 2.85. The first-order chi connectivity index (χ1) is 12.5. The van der Waals surface area contributed by atoms with Crippen molar-refractivity contribution < 1.29 is 9.59 Å². The zero-order valence-corrected chi connectivity index (χ0v) is 17.3. The Morgan fingerprint density at radius 1 is 1.19 bits per heavy atom. The molecule has 0 amide bonds. The molecule has 0 aromatic carbocycles. The topological polar surface area (TPSA) is 34.1 Å². The molecule has 0 aliphatic heterocycles. The van der Waals surface area contributed by atoms with Crippen LogP contribution in [0, 0.1) is 22.7 Å². The van der Waals surface area contributed by atoms with Crippen molar-refractivity contribution in [3.05, 3.63) is 23.3 Å². The Bertz CT molecular complexity index is 682. The van der Waals surface area contributed by atoms with Gasteiger partial charge in [0.15, 0.2) is 5.78 Å². The molecule has 0 aromatic rings. The Morgan fingerprint density at radius 3 is 2.85 bits per heavy atom. The molecule has 2 saturated carbocycles. The van der Waals surface area contributed by atoms with E-state index in [9.17, 15) is 9.59 Å². The van der Waals surface area contributed by atoms with Crippen molar-refractivity contribution in [1.29, 1.82) is 0 Å². The molecule has 0 saturated heterocycles. The molecule has 2 nitrogen and oxygen atoms in total. The summed E-state index contributed by atoms with van der Waals surface area (Å²) in [5.41, 5.74) is 2.93. The van der Waals surface area contributed by atoms with E-state index in [2.05, 4.69) is 13.0 Å². The van der Waals surface area contributed by atoms with Crippen LogP contribution in [0.15, 0.2) is 23.3 Å². The molecule has 2 fully saturated rings. The maximum atomic E-state index is 12.6. The first-order valence-corrected chi connectivity index (χ1v) is 11.8. The number of hydrogen-bond acceptors (Lipinski definition) is 3. The Hall–Kier alpha value is -0.540. The maximum absolute atomic E-state index is 12.6. The quantitative estimate of drug-likeness (QED) is 0.359. The van der Waals surface area contributed by atoms with Crippen LogP contribution < -0.4 is 0 Å². The van der Waals surface area contributed by atoms with Gasteiger partial charge in [-0.3, -0.25) is 9.59 Å². The van der Waals surface area contributed by atoms with E-state index in [0.717, 1.165) is 56.5 Å². The minimum absolute atomic E-state index is 0.0864. The number of thioether (sulfide) groups is 1. The lowest BCUT2D eigenvalue weighted by molar-refractivity contribution is -0.127. The normalized spacial score (nSPS) is 39.0. The Morgan fingerprint density at radius 2 is 2.04 bits per heavy atom. The Kier molecular flexibility index (Phi) is 5.16. The minimum Gasteiger partial charge on any atom is -0.299 e. The number of allylic oxidation sites excluding steroid dienone is 4. The van der Waals surface area contributed by atoms with Crippen LogP contribution in [-0.4, -0.2) is 29.0 Å². The molecule has 4 aliphatic carbocycles. The zero-order valence-electron chi connectivity index (χ0n) is 15.7. The fourth-order valence-electron chi connectivity index (χ4n) is 6.29. The molecule has 0 unspecified atom stereocenters. The van der Waals surface area contributed by atoms with Gasteiger partial charge >= 0.3 is 0 Å². The standard InChI is InChI=1S/C22H29ClO2S/c1-21-8-7-19-17(18(21)4-5-20(21)25)3-2-15-14-16(24)6-9-22(15,19)10-12-26-13-11-23/h7,14,17-18H,2-6,8-13H2,1H3/t17-,18-,21-,22+/m0/s1. The van der Waals surface area contributed by atoms with Crippen LogP contribution in [0.1, 0.15) is 58.3 Å². The van der Waals surface area contributed by atoms with Gasteiger partial charge in [0.2, 0.25) is 0 Å². The number of Topliss-reactive ketones (excluding diaryl/α,β-unsaturated/α-hetero) is 1. The molecule has 4 rings (SSSR count). The Labute approximate surface area is 166 Å². The van der Waals surface area contributed by atoms with Crippen molar-refractivity contribution in [3.8, 4) is 0 Å². The number of carbonyl (C=O) groups excluding carboxylic acids is 2. The monoisotopic (exact) mass is 392 g/mol. The van der Waals surface area contributed by atoms with Crippen LogP contribution >= 0.6 is 23.4 Å². The predicted octanol–water partition coefficient (Wildman–Crippen LogP) is 5.35. The average Bonchev–Trinajstić information content (AvgIpc) is 2.94. The van der Waals surface area contributed by atoms with Crippen LogP contribution in [0.2, 0.25) is 0 Å². The van der Waals surface area contributed by atoms with E-state index < -0.39 is 0 Å². The van der Waals surface area contributed by atoms with Crippen LogP contribution in [0.5, 0.6) is 0 Å². The third-order valence-electron chi connectivity index (χ3n) is 7.69. The Balaban J connectivity index is 1.69. The lowest BCUT2D eigenvalue weighted by Crippen LogP contribution is -2.46. The van der Waals surface area contributed by atoms with Gasteiger partial charge in [-0.05, 0) is 62.2 Å². The van der Waals surface area contributed by atoms with Crippen molar-refractivity contribution in [2.75, 3.05) is 17.4 Å². The van der Waals surface area contributed by atoms with Crippen LogP contribution in [0.4, 0.5) is 0 Å². The number of fused-ring (bicyclic) bond motifs is 5. The van der Waals surface area contributed by atoms with E-state index in [1.54, 1.807) is 5.57 Å². The van der Waals surface area contributed by atoms with Gasteiger partial charge in [0.25, 0.3) is 0 Å². The third-order valence-corrected chi connectivity index (χ3v) is 9.09. The number of ketones is 2. The number of carbonyl (C=O) groups is 2. The van der Waals surface area contributed by atoms with Gasteiger partial charge in [-0.2, -0.15) is 11.8 Å². The average molecular weight is 393 g/mol. The van der Waals surface area contributed by atoms with E-state index in [0.29, 0.717) is 35.7 Å². The molecule has 26 heavy (non-hydrogen) atoms. The van der Waals surface area contributed by atoms with E-state index in [1.807, 2.05) is 17.8 Å². The smallest absolute Gasteiger partial charge is 0.155 e. The van der Waals surface area contributed by atoms with Crippen molar-refractivity contribution in [2.24, 2.45) is 22.7 Å². The summed E-state index contributed by atoms with van der Waals surface area (Å²) < 4.78 is 0. The summed E-state index contributed by atoms with van der Waals surface area (Å²) in [4.78, 5) is 24.7. The number of alkyl halides is 1. The molecular formula is C22H29ClO2S. The highest BCUT2D eigenvalue weighted by Gasteiger charge is 2.56. The van der Waals surface area contributed by atoms with E-state index in [4.69, 9.17) is 11.6 Å². The van der Waals surface area contributed by atoms with E-state index in [1.165, 1.54) is 5.57 Å². The second kappa shape index (κ2) is 7.13. The highest BCUT2D eigenvalue weighted by atomic mass is 35.5. The molecule has 0 bridgehead atoms. The van der Waals surface area contributed by atoms with Crippen molar-refractivity contribution >= 4 is 34.9 Å². The molecule has 4 heteroatoms. The molecule has 142 valence electrons. The molecule has 0 radical (unpaired) electrons. The molecule has 4 atom stereocenters. The number of rotatable bonds is 5. The summed E-state index contributed by atoms with van der Waals surface area (Å²) in [6, 6.07) is 0. The van der Waals surface area contributed by atoms with E-state index >= 15 is 0 Å². The lowest BCUT2D eigenvalue weighted by atomic mass is 9.50. The summed E-state index contributed by atoms with van der Waals surface area (Å²) in [5, 5.41) is 0. The zero-order chi connectivity index (χ0) is 18.4. The van der Waals surface area contributed by atoms with Crippen LogP contribution in [-0.2, 0) is 9.59 Å². The SMILES string of the molecule is C[C@]12CC=C3[C@@H](CCC4=CC(=O)CC[C@@]43CCSCCCl)[C@@H]1CCC2=O. The number of halogens is 1. The second-order valence-corrected chi connectivity index (χ2v) is 10.4. The van der Waals surface area contributed by atoms with Gasteiger partial charge in [0.05, 0.1) is 0 Å². The molecule has 4 aliphatic rings. The van der Waals surface area contributed by atoms with Crippen molar-refractivity contribution in [1.82, 2.24) is 0 Å². The fourth-order valence-corrected chi connectivity index (χ4v) is 7.43. The summed E-state index contributed by atoms with van der Waals surface area (Å²) >= 11 is 7.79. The second-order valence-electron chi connectivity index (χ2n) is 8.76. The van der Waals surface area contributed by atoms with E-state index in [-0.39, 0.29) is 10.8 Å². The first-order valence-electron chi connectivity index (χ1n) is 10.1. The molecule has 0 spiro atoms. The molecule has 0 heterocycles. The lowest BCUT2D eigenvalue weighted by Gasteiger charge is -2.53. The molecular weight excluding hydrogens is 364 g/mol. The number of hydrogen-bond donors (Lipinski definition) is 0. The summed E-state index contributed by atoms with van der Waals surface area (Å²) in [6.07, 6.45) is 12.1. The molecule has 0 aromatic heterocycles. The predicted molar refractivity (Wildman–Crippen MR) is 109 cm³/mol. The van der Waals surface area contributed by atoms with Gasteiger partial charge in [-0.15, -0.1) is 11.6 Å². The summed E-state index contributed by atoms with van der Waals surface area (Å²) in [5.74, 6) is 4.64.